The SMILES string of the molecule is CCC(C)CC(C)NC1CCC(CC)C1. The average Bonchev–Trinajstić information content (AvgIpc) is 2.65. The van der Waals surface area contributed by atoms with Gasteiger partial charge in [-0.2, -0.15) is 0 Å². The van der Waals surface area contributed by atoms with Crippen molar-refractivity contribution in [2.45, 2.75) is 78.3 Å². The van der Waals surface area contributed by atoms with Crippen LogP contribution >= 0.6 is 0 Å². The van der Waals surface area contributed by atoms with Gasteiger partial charge in [-0.3, -0.25) is 0 Å². The van der Waals surface area contributed by atoms with E-state index in [0.717, 1.165) is 17.9 Å². The second-order valence-electron chi connectivity index (χ2n) is 5.60. The van der Waals surface area contributed by atoms with Crippen molar-refractivity contribution < 1.29 is 0 Å². The lowest BCUT2D eigenvalue weighted by Gasteiger charge is -2.22. The highest BCUT2D eigenvalue weighted by molar-refractivity contribution is 4.82. The third-order valence-corrected chi connectivity index (χ3v) is 4.09. The van der Waals surface area contributed by atoms with E-state index in [-0.39, 0.29) is 0 Å². The number of nitrogens with one attached hydrogen (secondary N) is 1. The highest BCUT2D eigenvalue weighted by atomic mass is 14.9. The summed E-state index contributed by atoms with van der Waals surface area (Å²) in [5.74, 6) is 1.87. The molecule has 90 valence electrons. The minimum absolute atomic E-state index is 0.709. The van der Waals surface area contributed by atoms with Gasteiger partial charge in [0.2, 0.25) is 0 Å². The van der Waals surface area contributed by atoms with Crippen LogP contribution in [0.1, 0.15) is 66.2 Å². The van der Waals surface area contributed by atoms with Crippen molar-refractivity contribution >= 4 is 0 Å². The molecule has 1 rings (SSSR count). The van der Waals surface area contributed by atoms with Gasteiger partial charge in [0.05, 0.1) is 0 Å². The standard InChI is InChI=1S/C14H29N/c1-5-11(3)9-12(4)15-14-8-7-13(6-2)10-14/h11-15H,5-10H2,1-4H3. The lowest BCUT2D eigenvalue weighted by atomic mass is 9.99. The molecule has 0 spiro atoms. The van der Waals surface area contributed by atoms with Crippen molar-refractivity contribution in [2.75, 3.05) is 0 Å². The average molecular weight is 211 g/mol. The van der Waals surface area contributed by atoms with Crippen LogP contribution in [0.5, 0.6) is 0 Å². The quantitative estimate of drug-likeness (QED) is 0.701. The van der Waals surface area contributed by atoms with Crippen LogP contribution in [0.3, 0.4) is 0 Å². The highest BCUT2D eigenvalue weighted by Crippen LogP contribution is 2.28. The first kappa shape index (κ1) is 13.0. The van der Waals surface area contributed by atoms with Crippen LogP contribution in [0.4, 0.5) is 0 Å². The normalized spacial score (nSPS) is 30.4. The Bertz CT molecular complexity index is 167. The molecule has 0 amide bonds. The molecule has 0 heterocycles. The summed E-state index contributed by atoms with van der Waals surface area (Å²) in [7, 11) is 0. The maximum atomic E-state index is 3.81. The third kappa shape index (κ3) is 4.55. The van der Waals surface area contributed by atoms with E-state index >= 15 is 0 Å². The molecule has 0 aromatic rings. The molecule has 0 bridgehead atoms. The van der Waals surface area contributed by atoms with E-state index < -0.39 is 0 Å². The molecule has 1 aliphatic carbocycles. The molecule has 0 aliphatic heterocycles. The second kappa shape index (κ2) is 6.52. The van der Waals surface area contributed by atoms with Crippen LogP contribution in [-0.4, -0.2) is 12.1 Å². The maximum Gasteiger partial charge on any atom is 0.00722 e. The summed E-state index contributed by atoms with van der Waals surface area (Å²) in [6.07, 6.45) is 8.30. The smallest absolute Gasteiger partial charge is 0.00722 e. The molecule has 1 nitrogen and oxygen atoms in total. The van der Waals surface area contributed by atoms with Crippen molar-refractivity contribution in [3.05, 3.63) is 0 Å². The topological polar surface area (TPSA) is 12.0 Å². The largest absolute Gasteiger partial charge is 0.311 e. The molecule has 1 N–H and O–H groups in total. The van der Waals surface area contributed by atoms with Gasteiger partial charge in [-0.15, -0.1) is 0 Å². The predicted molar refractivity (Wildman–Crippen MR) is 68.1 cm³/mol. The van der Waals surface area contributed by atoms with E-state index in [4.69, 9.17) is 0 Å². The van der Waals surface area contributed by atoms with Crippen molar-refractivity contribution in [2.24, 2.45) is 11.8 Å². The zero-order chi connectivity index (χ0) is 11.3. The summed E-state index contributed by atoms with van der Waals surface area (Å²) in [6.45, 7) is 9.34. The van der Waals surface area contributed by atoms with E-state index in [9.17, 15) is 0 Å². The Kier molecular flexibility index (Phi) is 5.66. The fourth-order valence-electron chi connectivity index (χ4n) is 2.84. The van der Waals surface area contributed by atoms with Crippen molar-refractivity contribution in [3.8, 4) is 0 Å². The molecule has 15 heavy (non-hydrogen) atoms. The monoisotopic (exact) mass is 211 g/mol. The third-order valence-electron chi connectivity index (χ3n) is 4.09. The first-order valence-corrected chi connectivity index (χ1v) is 6.91. The molecule has 0 aromatic carbocycles. The van der Waals surface area contributed by atoms with Gasteiger partial charge >= 0.3 is 0 Å². The van der Waals surface area contributed by atoms with Crippen LogP contribution in [0.15, 0.2) is 0 Å². The summed E-state index contributed by atoms with van der Waals surface area (Å²) in [5.41, 5.74) is 0. The molecular weight excluding hydrogens is 182 g/mol. The summed E-state index contributed by atoms with van der Waals surface area (Å²) in [6, 6.07) is 1.52. The summed E-state index contributed by atoms with van der Waals surface area (Å²) in [5, 5.41) is 3.81. The van der Waals surface area contributed by atoms with Crippen molar-refractivity contribution in [1.29, 1.82) is 0 Å². The van der Waals surface area contributed by atoms with Crippen LogP contribution in [-0.2, 0) is 0 Å². The minimum Gasteiger partial charge on any atom is -0.311 e. The van der Waals surface area contributed by atoms with Gasteiger partial charge in [-0.05, 0) is 44.4 Å². The molecule has 4 atom stereocenters. The molecule has 1 heteroatoms. The van der Waals surface area contributed by atoms with Crippen molar-refractivity contribution in [1.82, 2.24) is 5.32 Å². The van der Waals surface area contributed by atoms with Gasteiger partial charge in [0.1, 0.15) is 0 Å². The van der Waals surface area contributed by atoms with E-state index in [2.05, 4.69) is 33.0 Å². The number of hydrogen-bond donors (Lipinski definition) is 1. The summed E-state index contributed by atoms with van der Waals surface area (Å²) < 4.78 is 0. The Labute approximate surface area is 96.0 Å². The van der Waals surface area contributed by atoms with Gasteiger partial charge in [0, 0.05) is 12.1 Å². The molecule has 1 fully saturated rings. The molecular formula is C14H29N. The molecule has 1 saturated carbocycles. The van der Waals surface area contributed by atoms with E-state index in [1.807, 2.05) is 0 Å². The predicted octanol–water partition coefficient (Wildman–Crippen LogP) is 3.98. The molecule has 0 saturated heterocycles. The number of hydrogen-bond acceptors (Lipinski definition) is 1. The molecule has 0 radical (unpaired) electrons. The maximum absolute atomic E-state index is 3.81. The second-order valence-corrected chi connectivity index (χ2v) is 5.60. The zero-order valence-corrected chi connectivity index (χ0v) is 11.1. The Morgan fingerprint density at radius 1 is 1.20 bits per heavy atom. The van der Waals surface area contributed by atoms with Gasteiger partial charge in [-0.25, -0.2) is 0 Å². The van der Waals surface area contributed by atoms with Crippen LogP contribution < -0.4 is 5.32 Å². The Morgan fingerprint density at radius 2 is 1.93 bits per heavy atom. The summed E-state index contributed by atoms with van der Waals surface area (Å²) >= 11 is 0. The minimum atomic E-state index is 0.709. The van der Waals surface area contributed by atoms with Gasteiger partial charge in [0.15, 0.2) is 0 Å². The highest BCUT2D eigenvalue weighted by Gasteiger charge is 2.24. The fourth-order valence-corrected chi connectivity index (χ4v) is 2.84. The van der Waals surface area contributed by atoms with E-state index in [1.54, 1.807) is 0 Å². The number of rotatable bonds is 6. The van der Waals surface area contributed by atoms with Crippen LogP contribution in [0, 0.1) is 11.8 Å². The summed E-state index contributed by atoms with van der Waals surface area (Å²) in [4.78, 5) is 0. The van der Waals surface area contributed by atoms with E-state index in [0.29, 0.717) is 6.04 Å². The van der Waals surface area contributed by atoms with Gasteiger partial charge < -0.3 is 5.32 Å². The Balaban J connectivity index is 2.18. The first-order chi connectivity index (χ1) is 7.15. The lowest BCUT2D eigenvalue weighted by molar-refractivity contribution is 0.367. The Morgan fingerprint density at radius 3 is 2.47 bits per heavy atom. The Hall–Kier alpha value is -0.0400. The molecule has 0 aromatic heterocycles. The van der Waals surface area contributed by atoms with Crippen LogP contribution in [0.25, 0.3) is 0 Å². The van der Waals surface area contributed by atoms with Gasteiger partial charge in [0.25, 0.3) is 0 Å². The molecule has 1 aliphatic rings. The lowest BCUT2D eigenvalue weighted by Crippen LogP contribution is -2.35. The van der Waals surface area contributed by atoms with Gasteiger partial charge in [-0.1, -0.05) is 33.6 Å². The van der Waals surface area contributed by atoms with E-state index in [1.165, 1.54) is 38.5 Å². The zero-order valence-electron chi connectivity index (χ0n) is 11.1. The molecule has 4 unspecified atom stereocenters. The fraction of sp³-hybridized carbons (Fsp3) is 1.00. The van der Waals surface area contributed by atoms with Crippen LogP contribution in [0.2, 0.25) is 0 Å². The van der Waals surface area contributed by atoms with Crippen molar-refractivity contribution in [3.63, 3.8) is 0 Å². The first-order valence-electron chi connectivity index (χ1n) is 6.91.